The monoisotopic (exact) mass is 338 g/mol. The van der Waals surface area contributed by atoms with Gasteiger partial charge in [-0.1, -0.05) is 70.2 Å². The molecule has 1 amide bonds. The minimum absolute atomic E-state index is 0.0648. The Morgan fingerprint density at radius 2 is 1.64 bits per heavy atom. The van der Waals surface area contributed by atoms with Crippen LogP contribution in [0.4, 0.5) is 5.69 Å². The first kappa shape index (κ1) is 19.2. The predicted molar refractivity (Wildman–Crippen MR) is 106 cm³/mol. The molecule has 0 heterocycles. The van der Waals surface area contributed by atoms with Gasteiger partial charge in [-0.05, 0) is 35.2 Å². The van der Waals surface area contributed by atoms with Crippen LogP contribution in [0, 0.1) is 0 Å². The van der Waals surface area contributed by atoms with Crippen molar-refractivity contribution in [3.63, 3.8) is 0 Å². The van der Waals surface area contributed by atoms with Crippen molar-refractivity contribution in [3.05, 3.63) is 65.7 Å². The van der Waals surface area contributed by atoms with Crippen LogP contribution in [-0.2, 0) is 16.8 Å². The number of hydrogen-bond donors (Lipinski definition) is 1. The summed E-state index contributed by atoms with van der Waals surface area (Å²) in [5.41, 5.74) is 3.54. The van der Waals surface area contributed by atoms with E-state index in [9.17, 15) is 4.79 Å². The molecule has 0 bridgehead atoms. The van der Waals surface area contributed by atoms with E-state index in [1.54, 1.807) is 0 Å². The number of rotatable bonds is 7. The summed E-state index contributed by atoms with van der Waals surface area (Å²) < 4.78 is 0. The maximum atomic E-state index is 12.2. The van der Waals surface area contributed by atoms with Gasteiger partial charge in [0.05, 0.1) is 0 Å². The van der Waals surface area contributed by atoms with Gasteiger partial charge >= 0.3 is 0 Å². The summed E-state index contributed by atoms with van der Waals surface area (Å²) in [5.74, 6) is 0.0648. The highest BCUT2D eigenvalue weighted by atomic mass is 16.1. The van der Waals surface area contributed by atoms with Crippen LogP contribution in [0.15, 0.2) is 54.6 Å². The molecule has 3 heteroatoms. The smallest absolute Gasteiger partial charge is 0.225 e. The number of benzene rings is 2. The second-order valence-corrected chi connectivity index (χ2v) is 7.48. The van der Waals surface area contributed by atoms with E-state index in [4.69, 9.17) is 0 Å². The van der Waals surface area contributed by atoms with Crippen molar-refractivity contribution < 1.29 is 4.79 Å². The van der Waals surface area contributed by atoms with Crippen LogP contribution in [0.2, 0.25) is 0 Å². The summed E-state index contributed by atoms with van der Waals surface area (Å²) in [5, 5.41) is 3.00. The Labute approximate surface area is 152 Å². The van der Waals surface area contributed by atoms with Crippen molar-refractivity contribution in [1.29, 1.82) is 0 Å². The molecule has 0 radical (unpaired) electrons. The average molecular weight is 338 g/mol. The van der Waals surface area contributed by atoms with Crippen LogP contribution in [0.3, 0.4) is 0 Å². The zero-order valence-corrected chi connectivity index (χ0v) is 15.9. The summed E-state index contributed by atoms with van der Waals surface area (Å²) in [4.78, 5) is 14.5. The number of amides is 1. The van der Waals surface area contributed by atoms with Crippen LogP contribution in [0.1, 0.15) is 45.2 Å². The second-order valence-electron chi connectivity index (χ2n) is 7.48. The lowest BCUT2D eigenvalue weighted by molar-refractivity contribution is -0.116. The lowest BCUT2D eigenvalue weighted by atomic mass is 9.87. The molecule has 0 fully saturated rings. The molecule has 134 valence electrons. The van der Waals surface area contributed by atoms with Gasteiger partial charge in [0, 0.05) is 25.2 Å². The first-order valence-electron chi connectivity index (χ1n) is 9.05. The molecule has 0 aliphatic heterocycles. The molecule has 0 spiro atoms. The van der Waals surface area contributed by atoms with E-state index in [-0.39, 0.29) is 11.3 Å². The van der Waals surface area contributed by atoms with Crippen LogP contribution in [-0.4, -0.2) is 23.9 Å². The van der Waals surface area contributed by atoms with Gasteiger partial charge in [0.25, 0.3) is 0 Å². The van der Waals surface area contributed by atoms with Gasteiger partial charge < -0.3 is 5.32 Å². The molecule has 0 aliphatic rings. The van der Waals surface area contributed by atoms with E-state index >= 15 is 0 Å². The van der Waals surface area contributed by atoms with Crippen LogP contribution in [0.5, 0.6) is 0 Å². The molecule has 0 atom stereocenters. The third-order valence-electron chi connectivity index (χ3n) is 4.39. The molecule has 0 saturated carbocycles. The summed E-state index contributed by atoms with van der Waals surface area (Å²) in [6, 6.07) is 18.5. The molecule has 0 unspecified atom stereocenters. The summed E-state index contributed by atoms with van der Waals surface area (Å²) in [6.45, 7) is 11.3. The molecule has 0 aliphatic carbocycles. The predicted octanol–water partition coefficient (Wildman–Crippen LogP) is 4.83. The van der Waals surface area contributed by atoms with E-state index in [0.29, 0.717) is 6.42 Å². The quantitative estimate of drug-likeness (QED) is 0.784. The summed E-state index contributed by atoms with van der Waals surface area (Å²) in [7, 11) is 0. The summed E-state index contributed by atoms with van der Waals surface area (Å²) >= 11 is 0. The number of nitrogens with one attached hydrogen (secondary N) is 1. The van der Waals surface area contributed by atoms with Crippen molar-refractivity contribution >= 4 is 11.6 Å². The maximum absolute atomic E-state index is 12.2. The minimum Gasteiger partial charge on any atom is -0.326 e. The SMILES string of the molecule is CCN(CCC(=O)Nc1ccc(C(C)(C)C)cc1)Cc1ccccc1. The second kappa shape index (κ2) is 8.82. The van der Waals surface area contributed by atoms with E-state index in [1.807, 2.05) is 18.2 Å². The van der Waals surface area contributed by atoms with E-state index in [2.05, 4.69) is 74.3 Å². The normalized spacial score (nSPS) is 11.6. The van der Waals surface area contributed by atoms with E-state index < -0.39 is 0 Å². The van der Waals surface area contributed by atoms with Gasteiger partial charge in [-0.2, -0.15) is 0 Å². The molecule has 2 aromatic carbocycles. The minimum atomic E-state index is 0.0648. The third kappa shape index (κ3) is 6.35. The topological polar surface area (TPSA) is 32.3 Å². The standard InChI is InChI=1S/C22H30N2O/c1-5-24(17-18-9-7-6-8-10-18)16-15-21(25)23-20-13-11-19(12-14-20)22(2,3)4/h6-14H,5,15-17H2,1-4H3,(H,23,25). The molecule has 25 heavy (non-hydrogen) atoms. The Hall–Kier alpha value is -2.13. The Morgan fingerprint density at radius 1 is 1.00 bits per heavy atom. The van der Waals surface area contributed by atoms with Crippen LogP contribution >= 0.6 is 0 Å². The third-order valence-corrected chi connectivity index (χ3v) is 4.39. The Kier molecular flexibility index (Phi) is 6.77. The van der Waals surface area contributed by atoms with Gasteiger partial charge in [0.15, 0.2) is 0 Å². The molecular weight excluding hydrogens is 308 g/mol. The van der Waals surface area contributed by atoms with Gasteiger partial charge in [-0.15, -0.1) is 0 Å². The van der Waals surface area contributed by atoms with Gasteiger partial charge in [0.1, 0.15) is 0 Å². The van der Waals surface area contributed by atoms with Crippen molar-refractivity contribution in [2.24, 2.45) is 0 Å². The van der Waals surface area contributed by atoms with E-state index in [0.717, 1.165) is 25.3 Å². The fourth-order valence-electron chi connectivity index (χ4n) is 2.73. The van der Waals surface area contributed by atoms with Gasteiger partial charge in [-0.3, -0.25) is 9.69 Å². The highest BCUT2D eigenvalue weighted by Crippen LogP contribution is 2.23. The number of carbonyl (C=O) groups excluding carboxylic acids is 1. The highest BCUT2D eigenvalue weighted by molar-refractivity contribution is 5.90. The van der Waals surface area contributed by atoms with Crippen LogP contribution < -0.4 is 5.32 Å². The molecule has 2 rings (SSSR count). The van der Waals surface area contributed by atoms with Crippen LogP contribution in [0.25, 0.3) is 0 Å². The first-order chi connectivity index (χ1) is 11.9. The molecule has 3 nitrogen and oxygen atoms in total. The summed E-state index contributed by atoms with van der Waals surface area (Å²) in [6.07, 6.45) is 0.502. The largest absolute Gasteiger partial charge is 0.326 e. The Morgan fingerprint density at radius 3 is 2.20 bits per heavy atom. The molecule has 0 saturated heterocycles. The number of nitrogens with zero attached hydrogens (tertiary/aromatic N) is 1. The molecule has 0 aromatic heterocycles. The number of hydrogen-bond acceptors (Lipinski definition) is 2. The first-order valence-corrected chi connectivity index (χ1v) is 9.05. The highest BCUT2D eigenvalue weighted by Gasteiger charge is 2.13. The molecular formula is C22H30N2O. The lowest BCUT2D eigenvalue weighted by Crippen LogP contribution is -2.27. The van der Waals surface area contributed by atoms with Crippen molar-refractivity contribution in [3.8, 4) is 0 Å². The Bertz CT molecular complexity index is 657. The Balaban J connectivity index is 1.83. The maximum Gasteiger partial charge on any atom is 0.225 e. The fourth-order valence-corrected chi connectivity index (χ4v) is 2.73. The fraction of sp³-hybridized carbons (Fsp3) is 0.409. The number of anilines is 1. The van der Waals surface area contributed by atoms with Crippen molar-refractivity contribution in [2.75, 3.05) is 18.4 Å². The molecule has 1 N–H and O–H groups in total. The van der Waals surface area contributed by atoms with Gasteiger partial charge in [0.2, 0.25) is 5.91 Å². The lowest BCUT2D eigenvalue weighted by Gasteiger charge is -2.20. The zero-order valence-electron chi connectivity index (χ0n) is 15.9. The van der Waals surface area contributed by atoms with Crippen molar-refractivity contribution in [2.45, 2.75) is 46.1 Å². The van der Waals surface area contributed by atoms with Gasteiger partial charge in [-0.25, -0.2) is 0 Å². The van der Waals surface area contributed by atoms with Crippen molar-refractivity contribution in [1.82, 2.24) is 4.90 Å². The van der Waals surface area contributed by atoms with E-state index in [1.165, 1.54) is 11.1 Å². The number of carbonyl (C=O) groups is 1. The molecule has 2 aromatic rings. The zero-order chi connectivity index (χ0) is 18.3. The average Bonchev–Trinajstić information content (AvgIpc) is 2.59.